The lowest BCUT2D eigenvalue weighted by atomic mass is 10.1. The zero-order valence-electron chi connectivity index (χ0n) is 7.26. The summed E-state index contributed by atoms with van der Waals surface area (Å²) < 4.78 is -0.0117. The van der Waals surface area contributed by atoms with Crippen LogP contribution in [-0.4, -0.2) is 21.6 Å². The van der Waals surface area contributed by atoms with Gasteiger partial charge < -0.3 is 0 Å². The average molecular weight is 218 g/mol. The van der Waals surface area contributed by atoms with Gasteiger partial charge in [-0.05, 0) is 20.3 Å². The smallest absolute Gasteiger partial charge is 0.0911 e. The molecule has 0 saturated carbocycles. The molecule has 0 bridgehead atoms. The van der Waals surface area contributed by atoms with E-state index < -0.39 is 0 Å². The van der Waals surface area contributed by atoms with Crippen LogP contribution in [0.1, 0.15) is 27.2 Å². The highest BCUT2D eigenvalue weighted by Crippen LogP contribution is 2.30. The van der Waals surface area contributed by atoms with Crippen LogP contribution in [0.4, 0.5) is 0 Å². The van der Waals surface area contributed by atoms with Crippen LogP contribution >= 0.6 is 15.9 Å². The molecule has 0 spiro atoms. The van der Waals surface area contributed by atoms with Crippen LogP contribution in [0.2, 0.25) is 0 Å². The molecule has 63 valence electrons. The second-order valence-corrected chi connectivity index (χ2v) is 4.70. The van der Waals surface area contributed by atoms with E-state index >= 15 is 0 Å². The molecule has 0 saturated heterocycles. The molecule has 0 N–H and O–H groups in total. The van der Waals surface area contributed by atoms with Gasteiger partial charge in [-0.2, -0.15) is 5.10 Å². The highest BCUT2D eigenvalue weighted by molar-refractivity contribution is 9.10. The van der Waals surface area contributed by atoms with Gasteiger partial charge in [-0.15, -0.1) is 0 Å². The fourth-order valence-electron chi connectivity index (χ4n) is 1.04. The van der Waals surface area contributed by atoms with Crippen LogP contribution in [0.25, 0.3) is 0 Å². The molecule has 0 fully saturated rings. The molecule has 2 nitrogen and oxygen atoms in total. The van der Waals surface area contributed by atoms with Crippen LogP contribution in [0.3, 0.4) is 0 Å². The summed E-state index contributed by atoms with van der Waals surface area (Å²) in [5.74, 6) is 0. The lowest BCUT2D eigenvalue weighted by Crippen LogP contribution is -2.24. The van der Waals surface area contributed by atoms with E-state index in [-0.39, 0.29) is 4.32 Å². The Balaban J connectivity index is 2.56. The molecule has 0 aromatic heterocycles. The Kier molecular flexibility index (Phi) is 2.58. The predicted octanol–water partition coefficient (Wildman–Crippen LogP) is 2.40. The Morgan fingerprint density at radius 3 is 2.73 bits per heavy atom. The third kappa shape index (κ3) is 1.95. The van der Waals surface area contributed by atoms with Crippen molar-refractivity contribution in [2.45, 2.75) is 31.5 Å². The number of hydrogen-bond donors (Lipinski definition) is 0. The molecule has 3 heteroatoms. The molecular weight excluding hydrogens is 204 g/mol. The topological polar surface area (TPSA) is 15.6 Å². The standard InChI is InChI=1S/C8H14BrN2/c1-4-5-11-6-8(3,9)7(2)10-11/h6H,4-5H2,1-3H3. The minimum absolute atomic E-state index is 0.0117. The molecular formula is C8H14BrN2. The summed E-state index contributed by atoms with van der Waals surface area (Å²) in [4.78, 5) is 0. The molecule has 11 heavy (non-hydrogen) atoms. The summed E-state index contributed by atoms with van der Waals surface area (Å²) in [6.07, 6.45) is 1.14. The first kappa shape index (κ1) is 9.04. The Bertz CT molecular complexity index is 175. The first-order valence-corrected chi connectivity index (χ1v) is 4.73. The lowest BCUT2D eigenvalue weighted by Gasteiger charge is -2.16. The van der Waals surface area contributed by atoms with E-state index in [1.807, 2.05) is 11.9 Å². The Hall–Kier alpha value is -0.0500. The van der Waals surface area contributed by atoms with Crippen molar-refractivity contribution in [3.8, 4) is 0 Å². The van der Waals surface area contributed by atoms with E-state index in [0.29, 0.717) is 0 Å². The van der Waals surface area contributed by atoms with Gasteiger partial charge in [-0.3, -0.25) is 5.01 Å². The van der Waals surface area contributed by atoms with Crippen molar-refractivity contribution in [3.63, 3.8) is 0 Å². The van der Waals surface area contributed by atoms with Crippen molar-refractivity contribution in [3.05, 3.63) is 6.54 Å². The van der Waals surface area contributed by atoms with Crippen molar-refractivity contribution < 1.29 is 0 Å². The van der Waals surface area contributed by atoms with E-state index in [2.05, 4.69) is 41.4 Å². The third-order valence-electron chi connectivity index (χ3n) is 1.83. The number of alkyl halides is 1. The molecule has 0 amide bonds. The van der Waals surface area contributed by atoms with Gasteiger partial charge in [0.25, 0.3) is 0 Å². The van der Waals surface area contributed by atoms with Crippen molar-refractivity contribution >= 4 is 21.6 Å². The van der Waals surface area contributed by atoms with Gasteiger partial charge >= 0.3 is 0 Å². The fourth-order valence-corrected chi connectivity index (χ4v) is 1.35. The molecule has 1 unspecified atom stereocenters. The molecule has 1 radical (unpaired) electrons. The maximum atomic E-state index is 4.38. The summed E-state index contributed by atoms with van der Waals surface area (Å²) in [5.41, 5.74) is 1.13. The van der Waals surface area contributed by atoms with Gasteiger partial charge in [0.2, 0.25) is 0 Å². The predicted molar refractivity (Wildman–Crippen MR) is 51.7 cm³/mol. The van der Waals surface area contributed by atoms with Crippen molar-refractivity contribution in [1.29, 1.82) is 0 Å². The highest BCUT2D eigenvalue weighted by atomic mass is 79.9. The van der Waals surface area contributed by atoms with E-state index in [1.165, 1.54) is 0 Å². The van der Waals surface area contributed by atoms with Crippen LogP contribution in [-0.2, 0) is 0 Å². The van der Waals surface area contributed by atoms with Gasteiger partial charge in [0.05, 0.1) is 16.6 Å². The zero-order valence-corrected chi connectivity index (χ0v) is 8.85. The lowest BCUT2D eigenvalue weighted by molar-refractivity contribution is 0.364. The minimum Gasteiger partial charge on any atom is -0.290 e. The van der Waals surface area contributed by atoms with Gasteiger partial charge in [0, 0.05) is 6.54 Å². The second-order valence-electron chi connectivity index (χ2n) is 3.05. The molecule has 1 aliphatic rings. The Morgan fingerprint density at radius 1 is 1.73 bits per heavy atom. The van der Waals surface area contributed by atoms with E-state index in [1.54, 1.807) is 0 Å². The van der Waals surface area contributed by atoms with Crippen LogP contribution in [0.15, 0.2) is 5.10 Å². The van der Waals surface area contributed by atoms with Crippen molar-refractivity contribution in [2.75, 3.05) is 6.54 Å². The fraction of sp³-hybridized carbons (Fsp3) is 0.750. The number of rotatable bonds is 2. The zero-order chi connectivity index (χ0) is 8.48. The summed E-state index contributed by atoms with van der Waals surface area (Å²) >= 11 is 3.59. The van der Waals surface area contributed by atoms with Gasteiger partial charge in [-0.1, -0.05) is 22.9 Å². The van der Waals surface area contributed by atoms with Crippen LogP contribution in [0, 0.1) is 6.54 Å². The molecule has 0 aliphatic carbocycles. The Morgan fingerprint density at radius 2 is 2.36 bits per heavy atom. The molecule has 1 rings (SSSR count). The summed E-state index contributed by atoms with van der Waals surface area (Å²) in [7, 11) is 0. The Labute approximate surface area is 76.8 Å². The van der Waals surface area contributed by atoms with E-state index in [4.69, 9.17) is 0 Å². The maximum Gasteiger partial charge on any atom is 0.0911 e. The number of nitrogens with zero attached hydrogens (tertiary/aromatic N) is 2. The first-order valence-electron chi connectivity index (χ1n) is 3.93. The normalized spacial score (nSPS) is 30.9. The molecule has 0 aromatic carbocycles. The third-order valence-corrected chi connectivity index (χ3v) is 2.61. The molecule has 1 atom stereocenters. The van der Waals surface area contributed by atoms with Crippen LogP contribution < -0.4 is 0 Å². The van der Waals surface area contributed by atoms with Crippen molar-refractivity contribution in [2.24, 2.45) is 5.10 Å². The van der Waals surface area contributed by atoms with Crippen LogP contribution in [0.5, 0.6) is 0 Å². The highest BCUT2D eigenvalue weighted by Gasteiger charge is 2.33. The molecule has 0 aromatic rings. The van der Waals surface area contributed by atoms with Crippen molar-refractivity contribution in [1.82, 2.24) is 5.01 Å². The number of hydrogen-bond acceptors (Lipinski definition) is 2. The first-order chi connectivity index (χ1) is 5.06. The maximum absolute atomic E-state index is 4.38. The van der Waals surface area contributed by atoms with Gasteiger partial charge in [0.15, 0.2) is 0 Å². The minimum atomic E-state index is -0.0117. The molecule has 1 heterocycles. The van der Waals surface area contributed by atoms with Gasteiger partial charge in [0.1, 0.15) is 0 Å². The number of halogens is 1. The monoisotopic (exact) mass is 217 g/mol. The SMILES string of the molecule is CCCN1[CH]C(C)(Br)C(C)=N1. The summed E-state index contributed by atoms with van der Waals surface area (Å²) in [5, 5.41) is 6.38. The average Bonchev–Trinajstić information content (AvgIpc) is 2.08. The summed E-state index contributed by atoms with van der Waals surface area (Å²) in [6.45, 7) is 9.44. The number of hydrazone groups is 1. The van der Waals surface area contributed by atoms with E-state index in [0.717, 1.165) is 18.7 Å². The largest absolute Gasteiger partial charge is 0.290 e. The second kappa shape index (κ2) is 3.13. The molecule has 1 aliphatic heterocycles. The quantitative estimate of drug-likeness (QED) is 0.650. The van der Waals surface area contributed by atoms with Gasteiger partial charge in [-0.25, -0.2) is 0 Å². The van der Waals surface area contributed by atoms with E-state index in [9.17, 15) is 0 Å². The summed E-state index contributed by atoms with van der Waals surface area (Å²) in [6, 6.07) is 0.